The second kappa shape index (κ2) is 10.1. The number of hydrogen-bond donors (Lipinski definition) is 2. The third-order valence-corrected chi connectivity index (χ3v) is 7.29. The third-order valence-electron chi connectivity index (χ3n) is 6.24. The average molecular weight is 496 g/mol. The van der Waals surface area contributed by atoms with Crippen molar-refractivity contribution in [2.24, 2.45) is 0 Å². The number of piperazine rings is 1. The fraction of sp³-hybridized carbons (Fsp3) is 0.222. The number of para-hydroxylation sites is 2. The van der Waals surface area contributed by atoms with Crippen LogP contribution in [0.3, 0.4) is 0 Å². The molecule has 0 spiro atoms. The van der Waals surface area contributed by atoms with Crippen molar-refractivity contribution in [2.45, 2.75) is 13.0 Å². The first-order valence-electron chi connectivity index (χ1n) is 12.0. The van der Waals surface area contributed by atoms with Crippen LogP contribution in [0, 0.1) is 0 Å². The zero-order valence-electron chi connectivity index (χ0n) is 19.6. The molecule has 0 saturated carbocycles. The minimum Gasteiger partial charge on any atom is -0.324 e. The Morgan fingerprint density at radius 1 is 1.00 bits per heavy atom. The van der Waals surface area contributed by atoms with E-state index >= 15 is 0 Å². The summed E-state index contributed by atoms with van der Waals surface area (Å²) in [5, 5.41) is 7.31. The van der Waals surface area contributed by atoms with Crippen LogP contribution in [-0.2, 0) is 6.54 Å². The van der Waals surface area contributed by atoms with Gasteiger partial charge >= 0.3 is 0 Å². The molecule has 180 valence electrons. The molecule has 1 aliphatic carbocycles. The van der Waals surface area contributed by atoms with Crippen molar-refractivity contribution in [1.29, 1.82) is 0 Å². The van der Waals surface area contributed by atoms with Crippen LogP contribution in [0.15, 0.2) is 72.7 Å². The Morgan fingerprint density at radius 2 is 1.83 bits per heavy atom. The average Bonchev–Trinajstić information content (AvgIpc) is 3.20. The maximum Gasteiger partial charge on any atom is 0.275 e. The highest BCUT2D eigenvalue weighted by Crippen LogP contribution is 2.31. The number of nitrogens with zero attached hydrogens (tertiary/aromatic N) is 5. The molecule has 9 heteroatoms. The van der Waals surface area contributed by atoms with Gasteiger partial charge in [0.25, 0.3) is 5.91 Å². The fourth-order valence-corrected chi connectivity index (χ4v) is 5.30. The SMILES string of the molecule is O=C(NC1=CC=CC=C(c2nc3cc(CN4CCNCC4)cnc3s2)C1)c1cnc2ccccc2n1. The summed E-state index contributed by atoms with van der Waals surface area (Å²) in [6.07, 6.45) is 11.9. The number of allylic oxidation sites excluding steroid dienone is 5. The Kier molecular flexibility index (Phi) is 6.33. The van der Waals surface area contributed by atoms with Crippen molar-refractivity contribution < 1.29 is 4.79 Å². The third kappa shape index (κ3) is 4.94. The number of carbonyl (C=O) groups is 1. The van der Waals surface area contributed by atoms with Gasteiger partial charge in [0.05, 0.1) is 17.2 Å². The van der Waals surface area contributed by atoms with Gasteiger partial charge in [-0.2, -0.15) is 0 Å². The summed E-state index contributed by atoms with van der Waals surface area (Å²) in [7, 11) is 0. The highest BCUT2D eigenvalue weighted by Gasteiger charge is 2.17. The minimum atomic E-state index is -0.280. The Morgan fingerprint density at radius 3 is 2.72 bits per heavy atom. The topological polar surface area (TPSA) is 95.9 Å². The molecule has 6 rings (SSSR count). The van der Waals surface area contributed by atoms with Crippen molar-refractivity contribution in [2.75, 3.05) is 26.2 Å². The quantitative estimate of drug-likeness (QED) is 0.436. The zero-order valence-corrected chi connectivity index (χ0v) is 20.5. The fourth-order valence-electron chi connectivity index (χ4n) is 4.39. The molecule has 1 aromatic carbocycles. The van der Waals surface area contributed by atoms with E-state index in [4.69, 9.17) is 4.98 Å². The second-order valence-corrected chi connectivity index (χ2v) is 9.83. The largest absolute Gasteiger partial charge is 0.324 e. The standard InChI is InChI=1S/C27H25N7OS/c35-25(24-16-29-21-7-3-4-8-22(21)32-24)31-20-6-2-1-5-19(14-20)26-33-23-13-18(15-30-27(23)36-26)17-34-11-9-28-10-12-34/h1-8,13,15-16,28H,9-12,14,17H2,(H,31,35). The van der Waals surface area contributed by atoms with Gasteiger partial charge < -0.3 is 10.6 Å². The van der Waals surface area contributed by atoms with Crippen LogP contribution in [0.1, 0.15) is 27.5 Å². The van der Waals surface area contributed by atoms with Crippen LogP contribution in [0.5, 0.6) is 0 Å². The molecule has 2 aliphatic rings. The van der Waals surface area contributed by atoms with Gasteiger partial charge in [-0.1, -0.05) is 41.7 Å². The van der Waals surface area contributed by atoms with E-state index in [1.54, 1.807) is 11.3 Å². The van der Waals surface area contributed by atoms with Crippen LogP contribution < -0.4 is 10.6 Å². The number of amides is 1. The second-order valence-electron chi connectivity index (χ2n) is 8.86. The van der Waals surface area contributed by atoms with Crippen molar-refractivity contribution in [3.05, 3.63) is 89.0 Å². The Balaban J connectivity index is 1.18. The summed E-state index contributed by atoms with van der Waals surface area (Å²) in [6, 6.07) is 9.66. The van der Waals surface area contributed by atoms with E-state index in [9.17, 15) is 4.79 Å². The highest BCUT2D eigenvalue weighted by atomic mass is 32.1. The van der Waals surface area contributed by atoms with Gasteiger partial charge in [0.1, 0.15) is 21.0 Å². The van der Waals surface area contributed by atoms with Gasteiger partial charge in [-0.05, 0) is 35.4 Å². The van der Waals surface area contributed by atoms with E-state index in [1.807, 2.05) is 54.8 Å². The molecule has 8 nitrogen and oxygen atoms in total. The number of hydrogen-bond acceptors (Lipinski definition) is 8. The first kappa shape index (κ1) is 22.7. The molecule has 1 saturated heterocycles. The maximum atomic E-state index is 12.9. The molecule has 36 heavy (non-hydrogen) atoms. The summed E-state index contributed by atoms with van der Waals surface area (Å²) in [4.78, 5) is 34.7. The summed E-state index contributed by atoms with van der Waals surface area (Å²) in [5.41, 5.74) is 5.65. The molecule has 0 radical (unpaired) electrons. The number of carbonyl (C=O) groups excluding carboxylic acids is 1. The number of pyridine rings is 1. The molecular weight excluding hydrogens is 470 g/mol. The van der Waals surface area contributed by atoms with Crippen LogP contribution in [0.25, 0.3) is 27.0 Å². The lowest BCUT2D eigenvalue weighted by molar-refractivity contribution is 0.0960. The summed E-state index contributed by atoms with van der Waals surface area (Å²) in [5.74, 6) is -0.280. The van der Waals surface area contributed by atoms with Crippen molar-refractivity contribution >= 4 is 44.2 Å². The van der Waals surface area contributed by atoms with Crippen LogP contribution in [-0.4, -0.2) is 56.9 Å². The molecule has 4 heterocycles. The molecule has 3 aromatic heterocycles. The van der Waals surface area contributed by atoms with Crippen molar-refractivity contribution in [3.8, 4) is 0 Å². The number of nitrogens with one attached hydrogen (secondary N) is 2. The molecule has 0 unspecified atom stereocenters. The number of thiazole rings is 1. The summed E-state index contributed by atoms with van der Waals surface area (Å²) in [6.45, 7) is 5.03. The first-order chi connectivity index (χ1) is 17.7. The van der Waals surface area contributed by atoms with Gasteiger partial charge in [0.15, 0.2) is 0 Å². The Hall–Kier alpha value is -3.79. The molecule has 1 aliphatic heterocycles. The lowest BCUT2D eigenvalue weighted by atomic mass is 10.1. The molecule has 1 amide bonds. The summed E-state index contributed by atoms with van der Waals surface area (Å²) >= 11 is 1.58. The number of rotatable bonds is 5. The van der Waals surface area contributed by atoms with E-state index in [0.717, 1.165) is 64.9 Å². The molecule has 0 bridgehead atoms. The van der Waals surface area contributed by atoms with Crippen LogP contribution in [0.4, 0.5) is 0 Å². The summed E-state index contributed by atoms with van der Waals surface area (Å²) < 4.78 is 0. The van der Waals surface area contributed by atoms with E-state index in [-0.39, 0.29) is 11.6 Å². The zero-order chi connectivity index (χ0) is 24.3. The molecule has 4 aromatic rings. The smallest absolute Gasteiger partial charge is 0.275 e. The van der Waals surface area contributed by atoms with Gasteiger partial charge in [0.2, 0.25) is 0 Å². The molecular formula is C27H25N7OS. The van der Waals surface area contributed by atoms with Crippen molar-refractivity contribution in [3.63, 3.8) is 0 Å². The Labute approximate surface area is 212 Å². The molecule has 1 fully saturated rings. The van der Waals surface area contributed by atoms with Crippen LogP contribution in [0.2, 0.25) is 0 Å². The predicted molar refractivity (Wildman–Crippen MR) is 142 cm³/mol. The van der Waals surface area contributed by atoms with Gasteiger partial charge in [-0.15, -0.1) is 0 Å². The lowest BCUT2D eigenvalue weighted by Gasteiger charge is -2.26. The van der Waals surface area contributed by atoms with Gasteiger partial charge in [0, 0.05) is 51.0 Å². The van der Waals surface area contributed by atoms with E-state index in [2.05, 4.69) is 36.6 Å². The maximum absolute atomic E-state index is 12.9. The van der Waals surface area contributed by atoms with E-state index in [1.165, 1.54) is 11.8 Å². The van der Waals surface area contributed by atoms with Gasteiger partial charge in [-0.25, -0.2) is 15.0 Å². The number of fused-ring (bicyclic) bond motifs is 2. The number of benzene rings is 1. The highest BCUT2D eigenvalue weighted by molar-refractivity contribution is 7.19. The van der Waals surface area contributed by atoms with E-state index in [0.29, 0.717) is 11.9 Å². The van der Waals surface area contributed by atoms with E-state index < -0.39 is 0 Å². The molecule has 0 atom stereocenters. The molecule has 2 N–H and O–H groups in total. The van der Waals surface area contributed by atoms with Crippen molar-refractivity contribution in [1.82, 2.24) is 35.5 Å². The monoisotopic (exact) mass is 495 g/mol. The van der Waals surface area contributed by atoms with Gasteiger partial charge in [-0.3, -0.25) is 14.7 Å². The number of aromatic nitrogens is 4. The normalized spacial score (nSPS) is 16.6. The first-order valence-corrected chi connectivity index (χ1v) is 12.8. The lowest BCUT2D eigenvalue weighted by Crippen LogP contribution is -2.42. The predicted octanol–water partition coefficient (Wildman–Crippen LogP) is 3.70. The minimum absolute atomic E-state index is 0.280. The van der Waals surface area contributed by atoms with Crippen LogP contribution >= 0.6 is 11.3 Å². The Bertz CT molecular complexity index is 1530.